The Bertz CT molecular complexity index is 697. The average molecular weight is 282 g/mol. The number of Topliss-reactive ketones (excluding diaryl/α,β-unsaturated/α-hetero) is 1. The highest BCUT2D eigenvalue weighted by atomic mass is 32.1. The molecule has 3 atom stereocenters. The number of carbonyl (C=O) groups excluding carboxylic acids is 1. The summed E-state index contributed by atoms with van der Waals surface area (Å²) in [6, 6.07) is 10.8. The number of thiophene rings is 1. The Morgan fingerprint density at radius 2 is 2.05 bits per heavy atom. The van der Waals surface area contributed by atoms with Crippen molar-refractivity contribution in [3.8, 4) is 0 Å². The maximum Gasteiger partial charge on any atom is 0.177 e. The van der Waals surface area contributed by atoms with Gasteiger partial charge in [-0.2, -0.15) is 0 Å². The summed E-state index contributed by atoms with van der Waals surface area (Å²) >= 11 is 1.67. The van der Waals surface area contributed by atoms with Crippen LogP contribution >= 0.6 is 11.3 Å². The van der Waals surface area contributed by atoms with Gasteiger partial charge in [0.1, 0.15) is 0 Å². The molecule has 3 unspecified atom stereocenters. The summed E-state index contributed by atoms with van der Waals surface area (Å²) < 4.78 is 0. The third kappa shape index (κ3) is 1.71. The molecule has 102 valence electrons. The fraction of sp³-hybridized carbons (Fsp3) is 0.389. The van der Waals surface area contributed by atoms with Crippen LogP contribution in [0.1, 0.15) is 43.6 Å². The highest BCUT2D eigenvalue weighted by molar-refractivity contribution is 7.14. The van der Waals surface area contributed by atoms with Crippen LogP contribution in [0.5, 0.6) is 0 Å². The van der Waals surface area contributed by atoms with Crippen molar-refractivity contribution in [2.24, 2.45) is 11.8 Å². The van der Waals surface area contributed by atoms with Gasteiger partial charge in [0.2, 0.25) is 0 Å². The van der Waals surface area contributed by atoms with Crippen molar-refractivity contribution in [2.45, 2.75) is 32.6 Å². The number of ketones is 1. The molecule has 1 aromatic carbocycles. The number of aryl methyl sites for hydroxylation is 3. The number of carbonyl (C=O) groups is 1. The van der Waals surface area contributed by atoms with E-state index in [4.69, 9.17) is 0 Å². The smallest absolute Gasteiger partial charge is 0.177 e. The Morgan fingerprint density at radius 3 is 2.80 bits per heavy atom. The fourth-order valence-corrected chi connectivity index (χ4v) is 4.98. The summed E-state index contributed by atoms with van der Waals surface area (Å²) in [5, 5.41) is 0. The van der Waals surface area contributed by atoms with E-state index in [1.807, 2.05) is 0 Å². The maximum atomic E-state index is 12.8. The van der Waals surface area contributed by atoms with E-state index in [-0.39, 0.29) is 5.92 Å². The largest absolute Gasteiger partial charge is 0.293 e. The normalized spacial score (nSPS) is 26.8. The quantitative estimate of drug-likeness (QED) is 0.740. The van der Waals surface area contributed by atoms with Crippen LogP contribution in [0.15, 0.2) is 30.3 Å². The minimum Gasteiger partial charge on any atom is -0.293 e. The minimum atomic E-state index is 0.246. The van der Waals surface area contributed by atoms with Gasteiger partial charge in [-0.1, -0.05) is 24.3 Å². The molecule has 1 heterocycles. The minimum absolute atomic E-state index is 0.246. The molecule has 2 aliphatic rings. The first-order valence-corrected chi connectivity index (χ1v) is 8.17. The number of hydrogen-bond donors (Lipinski definition) is 0. The van der Waals surface area contributed by atoms with Gasteiger partial charge in [-0.05, 0) is 61.3 Å². The molecule has 1 saturated carbocycles. The lowest BCUT2D eigenvalue weighted by Gasteiger charge is -2.13. The Balaban J connectivity index is 1.67. The first kappa shape index (κ1) is 12.3. The van der Waals surface area contributed by atoms with E-state index in [0.717, 1.165) is 16.9 Å². The molecule has 0 spiro atoms. The van der Waals surface area contributed by atoms with E-state index in [2.05, 4.69) is 44.2 Å². The Morgan fingerprint density at radius 1 is 1.25 bits per heavy atom. The first-order chi connectivity index (χ1) is 9.66. The van der Waals surface area contributed by atoms with Gasteiger partial charge in [0, 0.05) is 10.8 Å². The lowest BCUT2D eigenvalue weighted by Crippen LogP contribution is -2.03. The van der Waals surface area contributed by atoms with Crippen molar-refractivity contribution in [3.05, 3.63) is 56.8 Å². The van der Waals surface area contributed by atoms with Crippen LogP contribution in [0.4, 0.5) is 0 Å². The van der Waals surface area contributed by atoms with Crippen LogP contribution < -0.4 is 0 Å². The summed E-state index contributed by atoms with van der Waals surface area (Å²) in [6.07, 6.45) is 2.32. The van der Waals surface area contributed by atoms with Crippen molar-refractivity contribution in [2.75, 3.05) is 0 Å². The van der Waals surface area contributed by atoms with E-state index in [9.17, 15) is 4.79 Å². The average Bonchev–Trinajstić information content (AvgIpc) is 3.09. The van der Waals surface area contributed by atoms with Crippen molar-refractivity contribution < 1.29 is 4.79 Å². The Labute approximate surface area is 123 Å². The summed E-state index contributed by atoms with van der Waals surface area (Å²) in [5.41, 5.74) is 4.06. The second-order valence-electron chi connectivity index (χ2n) is 6.19. The van der Waals surface area contributed by atoms with E-state index in [1.54, 1.807) is 11.3 Å². The summed E-state index contributed by atoms with van der Waals surface area (Å²) in [4.78, 5) is 15.1. The van der Waals surface area contributed by atoms with Crippen LogP contribution in [0, 0.1) is 25.7 Å². The molecule has 20 heavy (non-hydrogen) atoms. The molecule has 0 radical (unpaired) electrons. The van der Waals surface area contributed by atoms with Crippen LogP contribution in [-0.2, 0) is 6.42 Å². The molecule has 2 aliphatic carbocycles. The lowest BCUT2D eigenvalue weighted by atomic mass is 9.92. The lowest BCUT2D eigenvalue weighted by molar-refractivity contribution is 0.0962. The Kier molecular flexibility index (Phi) is 2.65. The van der Waals surface area contributed by atoms with Gasteiger partial charge in [-0.15, -0.1) is 11.3 Å². The van der Waals surface area contributed by atoms with Crippen molar-refractivity contribution in [1.82, 2.24) is 0 Å². The number of hydrogen-bond acceptors (Lipinski definition) is 2. The standard InChI is InChI=1S/C18H18OS/c1-10-9-11(2)20-18(10)17(19)16-14-8-7-12-5-3-4-6-13(12)15(14)16/h3-6,9,14-16H,7-8H2,1-2H3. The zero-order chi connectivity index (χ0) is 13.9. The molecule has 0 amide bonds. The monoisotopic (exact) mass is 282 g/mol. The van der Waals surface area contributed by atoms with Crippen molar-refractivity contribution >= 4 is 17.1 Å². The predicted octanol–water partition coefficient (Wildman–Crippen LogP) is 4.52. The molecule has 4 rings (SSSR count). The summed E-state index contributed by atoms with van der Waals surface area (Å²) in [5.74, 6) is 1.73. The highest BCUT2D eigenvalue weighted by Gasteiger charge is 2.57. The van der Waals surface area contributed by atoms with Gasteiger partial charge in [0.25, 0.3) is 0 Å². The van der Waals surface area contributed by atoms with Gasteiger partial charge < -0.3 is 0 Å². The molecular formula is C18H18OS. The molecule has 0 bridgehead atoms. The zero-order valence-electron chi connectivity index (χ0n) is 11.8. The topological polar surface area (TPSA) is 17.1 Å². The van der Waals surface area contributed by atoms with Crippen LogP contribution in [0.2, 0.25) is 0 Å². The van der Waals surface area contributed by atoms with Gasteiger partial charge in [0.15, 0.2) is 5.78 Å². The molecule has 2 aromatic rings. The van der Waals surface area contributed by atoms with Crippen LogP contribution in [-0.4, -0.2) is 5.78 Å². The Hall–Kier alpha value is -1.41. The second kappa shape index (κ2) is 4.29. The van der Waals surface area contributed by atoms with Gasteiger partial charge in [0.05, 0.1) is 4.88 Å². The van der Waals surface area contributed by atoms with Crippen LogP contribution in [0.25, 0.3) is 0 Å². The molecular weight excluding hydrogens is 264 g/mol. The maximum absolute atomic E-state index is 12.8. The number of fused-ring (bicyclic) bond motifs is 3. The molecule has 2 heteroatoms. The van der Waals surface area contributed by atoms with E-state index in [1.165, 1.54) is 22.4 Å². The zero-order valence-corrected chi connectivity index (χ0v) is 12.7. The highest BCUT2D eigenvalue weighted by Crippen LogP contribution is 2.61. The molecule has 0 aliphatic heterocycles. The van der Waals surface area contributed by atoms with Crippen LogP contribution in [0.3, 0.4) is 0 Å². The molecule has 1 nitrogen and oxygen atoms in total. The van der Waals surface area contributed by atoms with E-state index < -0.39 is 0 Å². The van der Waals surface area contributed by atoms with Gasteiger partial charge in [-0.3, -0.25) is 4.79 Å². The number of benzene rings is 1. The van der Waals surface area contributed by atoms with Gasteiger partial charge in [-0.25, -0.2) is 0 Å². The summed E-state index contributed by atoms with van der Waals surface area (Å²) in [6.45, 7) is 4.15. The second-order valence-corrected chi connectivity index (χ2v) is 7.44. The molecule has 1 aromatic heterocycles. The van der Waals surface area contributed by atoms with Crippen molar-refractivity contribution in [1.29, 1.82) is 0 Å². The third-order valence-electron chi connectivity index (χ3n) is 4.90. The first-order valence-electron chi connectivity index (χ1n) is 7.36. The van der Waals surface area contributed by atoms with Crippen molar-refractivity contribution in [3.63, 3.8) is 0 Å². The molecule has 0 saturated heterocycles. The summed E-state index contributed by atoms with van der Waals surface area (Å²) in [7, 11) is 0. The predicted molar refractivity (Wildman–Crippen MR) is 82.6 cm³/mol. The molecule has 0 N–H and O–H groups in total. The fourth-order valence-electron chi connectivity index (χ4n) is 3.96. The van der Waals surface area contributed by atoms with E-state index >= 15 is 0 Å². The SMILES string of the molecule is Cc1cc(C)c(C(=O)C2C3CCc4ccccc4C32)s1. The van der Waals surface area contributed by atoms with E-state index in [0.29, 0.717) is 17.6 Å². The molecule has 1 fully saturated rings. The number of rotatable bonds is 2. The van der Waals surface area contributed by atoms with Gasteiger partial charge >= 0.3 is 0 Å². The third-order valence-corrected chi connectivity index (χ3v) is 6.06.